The highest BCUT2D eigenvalue weighted by Crippen LogP contribution is 2.41. The van der Waals surface area contributed by atoms with Gasteiger partial charge in [-0.15, -0.1) is 0 Å². The molecule has 6 heteroatoms. The van der Waals surface area contributed by atoms with Gasteiger partial charge in [-0.1, -0.05) is 36.4 Å². The number of hydrogen-bond acceptors (Lipinski definition) is 4. The summed E-state index contributed by atoms with van der Waals surface area (Å²) in [4.78, 5) is 6.65. The van der Waals surface area contributed by atoms with Gasteiger partial charge in [0.1, 0.15) is 23.3 Å². The molecule has 0 aliphatic carbocycles. The van der Waals surface area contributed by atoms with Gasteiger partial charge in [0.15, 0.2) is 5.11 Å². The molecule has 1 aromatic carbocycles. The minimum atomic E-state index is -0.139. The predicted molar refractivity (Wildman–Crippen MR) is 114 cm³/mol. The summed E-state index contributed by atoms with van der Waals surface area (Å²) in [6.45, 7) is 0.550. The second kappa shape index (κ2) is 7.56. The van der Waals surface area contributed by atoms with Gasteiger partial charge >= 0.3 is 0 Å². The number of benzene rings is 1. The lowest BCUT2D eigenvalue weighted by atomic mass is 10.0. The third-order valence-electron chi connectivity index (χ3n) is 5.08. The van der Waals surface area contributed by atoms with Crippen LogP contribution in [-0.2, 0) is 6.54 Å². The van der Waals surface area contributed by atoms with E-state index in [-0.39, 0.29) is 12.1 Å². The van der Waals surface area contributed by atoms with E-state index >= 15 is 0 Å². The third kappa shape index (κ3) is 3.43. The molecule has 4 heterocycles. The van der Waals surface area contributed by atoms with Gasteiger partial charge in [0.25, 0.3) is 0 Å². The molecule has 1 aliphatic rings. The molecule has 0 radical (unpaired) electrons. The largest absolute Gasteiger partial charge is 0.467 e. The van der Waals surface area contributed by atoms with Gasteiger partial charge in [-0.25, -0.2) is 0 Å². The molecular weight excluding hydrogens is 382 g/mol. The molecule has 1 aliphatic heterocycles. The fraction of sp³-hybridized carbons (Fsp3) is 0.130. The summed E-state index contributed by atoms with van der Waals surface area (Å²) in [6, 6.07) is 23.6. The van der Waals surface area contributed by atoms with Crippen LogP contribution in [0.1, 0.15) is 29.3 Å². The molecule has 144 valence electrons. The molecule has 2 unspecified atom stereocenters. The number of aromatic nitrogens is 1. The van der Waals surface area contributed by atoms with Crippen molar-refractivity contribution >= 4 is 17.3 Å². The summed E-state index contributed by atoms with van der Waals surface area (Å²) in [5.41, 5.74) is 1.96. The van der Waals surface area contributed by atoms with Crippen LogP contribution in [0.5, 0.6) is 0 Å². The summed E-state index contributed by atoms with van der Waals surface area (Å²) in [5.74, 6) is 2.50. The Morgan fingerprint density at radius 3 is 2.59 bits per heavy atom. The number of pyridine rings is 1. The third-order valence-corrected chi connectivity index (χ3v) is 5.43. The number of nitrogens with zero attached hydrogens (tertiary/aromatic N) is 2. The Morgan fingerprint density at radius 1 is 0.966 bits per heavy atom. The van der Waals surface area contributed by atoms with Crippen molar-refractivity contribution in [2.75, 3.05) is 0 Å². The first-order valence-corrected chi connectivity index (χ1v) is 9.86. The SMILES string of the molecule is S=C1NC(c2ccccn2)C(c2ccc(-c3ccccc3)o2)N1Cc1ccco1. The van der Waals surface area contributed by atoms with Gasteiger partial charge in [-0.2, -0.15) is 0 Å². The van der Waals surface area contributed by atoms with Crippen molar-refractivity contribution in [3.05, 3.63) is 102 Å². The van der Waals surface area contributed by atoms with Crippen LogP contribution in [0.3, 0.4) is 0 Å². The number of furan rings is 2. The Morgan fingerprint density at radius 2 is 1.83 bits per heavy atom. The first-order chi connectivity index (χ1) is 14.3. The lowest BCUT2D eigenvalue weighted by Gasteiger charge is -2.25. The molecule has 3 aromatic heterocycles. The zero-order valence-electron chi connectivity index (χ0n) is 15.6. The molecule has 2 atom stereocenters. The van der Waals surface area contributed by atoms with Crippen LogP contribution in [0, 0.1) is 0 Å². The average molecular weight is 401 g/mol. The van der Waals surface area contributed by atoms with Crippen LogP contribution in [0.4, 0.5) is 0 Å². The van der Waals surface area contributed by atoms with Crippen LogP contribution in [0.15, 0.2) is 94.1 Å². The first-order valence-electron chi connectivity index (χ1n) is 9.45. The normalized spacial score (nSPS) is 18.8. The van der Waals surface area contributed by atoms with E-state index in [1.165, 1.54) is 0 Å². The van der Waals surface area contributed by atoms with E-state index in [1.807, 2.05) is 72.8 Å². The molecule has 5 rings (SSSR count). The lowest BCUT2D eigenvalue weighted by molar-refractivity contribution is 0.253. The van der Waals surface area contributed by atoms with Crippen LogP contribution in [0.2, 0.25) is 0 Å². The van der Waals surface area contributed by atoms with E-state index in [0.717, 1.165) is 28.5 Å². The highest BCUT2D eigenvalue weighted by atomic mass is 32.1. The maximum atomic E-state index is 6.30. The average Bonchev–Trinajstić information content (AvgIpc) is 3.51. The van der Waals surface area contributed by atoms with Crippen molar-refractivity contribution in [3.63, 3.8) is 0 Å². The fourth-order valence-corrected chi connectivity index (χ4v) is 4.03. The zero-order chi connectivity index (χ0) is 19.6. The molecule has 0 amide bonds. The second-order valence-corrected chi connectivity index (χ2v) is 7.29. The van der Waals surface area contributed by atoms with E-state index in [2.05, 4.69) is 15.2 Å². The summed E-state index contributed by atoms with van der Waals surface area (Å²) in [6.07, 6.45) is 3.47. The molecular formula is C23H19N3O2S. The monoisotopic (exact) mass is 401 g/mol. The predicted octanol–water partition coefficient (Wildman–Crippen LogP) is 5.11. The molecule has 4 aromatic rings. The van der Waals surface area contributed by atoms with E-state index < -0.39 is 0 Å². The number of thiocarbonyl (C=S) groups is 1. The van der Waals surface area contributed by atoms with E-state index in [9.17, 15) is 0 Å². The number of hydrogen-bond donors (Lipinski definition) is 1. The molecule has 5 nitrogen and oxygen atoms in total. The van der Waals surface area contributed by atoms with Crippen LogP contribution in [0.25, 0.3) is 11.3 Å². The molecule has 0 spiro atoms. The summed E-state index contributed by atoms with van der Waals surface area (Å²) in [7, 11) is 0. The van der Waals surface area contributed by atoms with Gasteiger partial charge in [0, 0.05) is 11.8 Å². The molecule has 1 saturated heterocycles. The Bertz CT molecular complexity index is 1090. The van der Waals surface area contributed by atoms with E-state index in [1.54, 1.807) is 12.5 Å². The Balaban J connectivity index is 1.54. The molecule has 1 N–H and O–H groups in total. The van der Waals surface area contributed by atoms with Crippen LogP contribution < -0.4 is 5.32 Å². The summed E-state index contributed by atoms with van der Waals surface area (Å²) >= 11 is 5.67. The van der Waals surface area contributed by atoms with Gasteiger partial charge in [-0.3, -0.25) is 4.98 Å². The van der Waals surface area contributed by atoms with Crippen molar-refractivity contribution in [1.82, 2.24) is 15.2 Å². The maximum Gasteiger partial charge on any atom is 0.170 e. The summed E-state index contributed by atoms with van der Waals surface area (Å²) < 4.78 is 11.9. The molecule has 0 saturated carbocycles. The highest BCUT2D eigenvalue weighted by Gasteiger charge is 2.42. The Labute approximate surface area is 174 Å². The molecule has 0 bridgehead atoms. The van der Waals surface area contributed by atoms with Gasteiger partial charge < -0.3 is 19.1 Å². The Kier molecular flexibility index (Phi) is 4.62. The van der Waals surface area contributed by atoms with E-state index in [0.29, 0.717) is 11.7 Å². The zero-order valence-corrected chi connectivity index (χ0v) is 16.4. The summed E-state index contributed by atoms with van der Waals surface area (Å²) in [5, 5.41) is 4.08. The standard InChI is InChI=1S/C23H19N3O2S/c29-23-25-21(18-10-4-5-13-24-18)22(26(23)15-17-9-6-14-27-17)20-12-11-19(28-20)16-7-2-1-3-8-16/h1-14,21-22H,15H2,(H,25,29). The smallest absolute Gasteiger partial charge is 0.170 e. The minimum Gasteiger partial charge on any atom is -0.467 e. The first kappa shape index (κ1) is 17.7. The maximum absolute atomic E-state index is 6.30. The Hall–Kier alpha value is -3.38. The minimum absolute atomic E-state index is 0.117. The van der Waals surface area contributed by atoms with Crippen LogP contribution in [-0.4, -0.2) is 15.0 Å². The van der Waals surface area contributed by atoms with Gasteiger partial charge in [-0.05, 0) is 48.6 Å². The quantitative estimate of drug-likeness (QED) is 0.469. The van der Waals surface area contributed by atoms with Crippen molar-refractivity contribution in [1.29, 1.82) is 0 Å². The van der Waals surface area contributed by atoms with Crippen molar-refractivity contribution < 1.29 is 8.83 Å². The molecule has 1 fully saturated rings. The topological polar surface area (TPSA) is 54.4 Å². The van der Waals surface area contributed by atoms with Crippen molar-refractivity contribution in [2.24, 2.45) is 0 Å². The van der Waals surface area contributed by atoms with Gasteiger partial charge in [0.05, 0.1) is 24.5 Å². The van der Waals surface area contributed by atoms with Crippen LogP contribution >= 0.6 is 12.2 Å². The van der Waals surface area contributed by atoms with Crippen molar-refractivity contribution in [3.8, 4) is 11.3 Å². The number of rotatable bonds is 5. The van der Waals surface area contributed by atoms with Crippen molar-refractivity contribution in [2.45, 2.75) is 18.6 Å². The highest BCUT2D eigenvalue weighted by molar-refractivity contribution is 7.80. The fourth-order valence-electron chi connectivity index (χ4n) is 3.72. The number of nitrogens with one attached hydrogen (secondary N) is 1. The molecule has 29 heavy (non-hydrogen) atoms. The van der Waals surface area contributed by atoms with E-state index in [4.69, 9.17) is 21.1 Å². The lowest BCUT2D eigenvalue weighted by Crippen LogP contribution is -2.28. The second-order valence-electron chi connectivity index (χ2n) is 6.90. The van der Waals surface area contributed by atoms with Gasteiger partial charge in [0.2, 0.25) is 0 Å².